The highest BCUT2D eigenvalue weighted by Gasteiger charge is 2.47. The Morgan fingerprint density at radius 2 is 1.21 bits per heavy atom. The first kappa shape index (κ1) is 43.7. The van der Waals surface area contributed by atoms with E-state index in [-0.39, 0.29) is 19.4 Å². The van der Waals surface area contributed by atoms with E-state index in [1.165, 1.54) is 38.5 Å². The smallest absolute Gasteiger partial charge is 0.335 e. The molecule has 1 aliphatic heterocycles. The quantitative estimate of drug-likeness (QED) is 0.0396. The normalized spacial score (nSPS) is 21.9. The van der Waals surface area contributed by atoms with Crippen molar-refractivity contribution >= 4 is 17.9 Å². The molecule has 0 spiro atoms. The van der Waals surface area contributed by atoms with Gasteiger partial charge >= 0.3 is 17.9 Å². The Kier molecular flexibility index (Phi) is 26.0. The summed E-state index contributed by atoms with van der Waals surface area (Å²) < 4.78 is 21.5. The van der Waals surface area contributed by atoms with Gasteiger partial charge in [-0.05, 0) is 38.5 Å². The third-order valence-corrected chi connectivity index (χ3v) is 8.28. The van der Waals surface area contributed by atoms with Crippen molar-refractivity contribution in [2.24, 2.45) is 0 Å². The van der Waals surface area contributed by atoms with Gasteiger partial charge in [-0.2, -0.15) is 0 Å². The zero-order valence-electron chi connectivity index (χ0n) is 29.5. The van der Waals surface area contributed by atoms with E-state index in [0.29, 0.717) is 12.8 Å². The summed E-state index contributed by atoms with van der Waals surface area (Å²) in [6.45, 7) is 3.67. The van der Waals surface area contributed by atoms with Crippen molar-refractivity contribution in [2.75, 3.05) is 13.2 Å². The van der Waals surface area contributed by atoms with Crippen molar-refractivity contribution in [2.45, 2.75) is 179 Å². The van der Waals surface area contributed by atoms with Gasteiger partial charge in [-0.1, -0.05) is 115 Å². The number of carbonyl (C=O) groups excluding carboxylic acids is 2. The second-order valence-electron chi connectivity index (χ2n) is 12.7. The Morgan fingerprint density at radius 3 is 1.81 bits per heavy atom. The monoisotopic (exact) mass is 684 g/mol. The zero-order valence-corrected chi connectivity index (χ0v) is 29.5. The molecule has 6 atom stereocenters. The fraction of sp³-hybridized carbons (Fsp3) is 0.811. The third kappa shape index (κ3) is 20.9. The molecule has 0 aromatic heterocycles. The number of aliphatic carboxylic acids is 1. The maximum absolute atomic E-state index is 12.6. The van der Waals surface area contributed by atoms with E-state index in [2.05, 4.69) is 38.2 Å². The lowest BCUT2D eigenvalue weighted by Crippen LogP contribution is -2.60. The van der Waals surface area contributed by atoms with Crippen molar-refractivity contribution in [1.29, 1.82) is 0 Å². The number of carboxylic acid groups (broad SMARTS) is 1. The number of carboxylic acids is 1. The second kappa shape index (κ2) is 28.5. The maximum atomic E-state index is 12.6. The summed E-state index contributed by atoms with van der Waals surface area (Å²) in [7, 11) is 0. The van der Waals surface area contributed by atoms with Crippen LogP contribution in [0.3, 0.4) is 0 Å². The van der Waals surface area contributed by atoms with Crippen LogP contribution in [0.1, 0.15) is 142 Å². The Labute approximate surface area is 288 Å². The molecule has 4 N–H and O–H groups in total. The summed E-state index contributed by atoms with van der Waals surface area (Å²) in [5.41, 5.74) is 0. The van der Waals surface area contributed by atoms with Crippen molar-refractivity contribution in [3.05, 3.63) is 24.3 Å². The summed E-state index contributed by atoms with van der Waals surface area (Å²) in [6, 6.07) is 0. The van der Waals surface area contributed by atoms with Gasteiger partial charge < -0.3 is 39.4 Å². The van der Waals surface area contributed by atoms with Crippen molar-refractivity contribution in [1.82, 2.24) is 0 Å². The first-order chi connectivity index (χ1) is 23.2. The van der Waals surface area contributed by atoms with E-state index in [0.717, 1.165) is 64.2 Å². The summed E-state index contributed by atoms with van der Waals surface area (Å²) in [6.07, 6.45) is 18.3. The van der Waals surface area contributed by atoms with Crippen LogP contribution in [-0.4, -0.2) is 88.4 Å². The number of allylic oxidation sites excluding steroid dienone is 4. The number of unbranched alkanes of at least 4 members (excludes halogenated alkanes) is 14. The Hall–Kier alpha value is -2.31. The molecule has 0 bridgehead atoms. The first-order valence-corrected chi connectivity index (χ1v) is 18.4. The average molecular weight is 685 g/mol. The van der Waals surface area contributed by atoms with Crippen LogP contribution in [0.15, 0.2) is 24.3 Å². The molecule has 0 radical (unpaired) electrons. The molecule has 0 aliphatic carbocycles. The molecule has 1 heterocycles. The Bertz CT molecular complexity index is 906. The highest BCUT2D eigenvalue weighted by molar-refractivity contribution is 5.73. The van der Waals surface area contributed by atoms with Crippen LogP contribution in [0, 0.1) is 0 Å². The van der Waals surface area contributed by atoms with Crippen LogP contribution in [0.4, 0.5) is 0 Å². The lowest BCUT2D eigenvalue weighted by atomic mass is 9.99. The van der Waals surface area contributed by atoms with Crippen LogP contribution in [0.2, 0.25) is 0 Å². The molecule has 48 heavy (non-hydrogen) atoms. The lowest BCUT2D eigenvalue weighted by molar-refractivity contribution is -0.298. The molecule has 11 heteroatoms. The first-order valence-electron chi connectivity index (χ1n) is 18.4. The molecule has 0 aromatic carbocycles. The van der Waals surface area contributed by atoms with Crippen LogP contribution in [-0.2, 0) is 33.3 Å². The van der Waals surface area contributed by atoms with Gasteiger partial charge in [0.05, 0.1) is 6.61 Å². The van der Waals surface area contributed by atoms with E-state index in [9.17, 15) is 34.8 Å². The van der Waals surface area contributed by atoms with Crippen LogP contribution in [0.5, 0.6) is 0 Å². The van der Waals surface area contributed by atoms with Gasteiger partial charge in [-0.3, -0.25) is 9.59 Å². The largest absolute Gasteiger partial charge is 0.479 e. The van der Waals surface area contributed by atoms with Crippen molar-refractivity contribution < 1.29 is 53.8 Å². The molecule has 1 aliphatic rings. The number of aliphatic hydroxyl groups is 3. The minimum absolute atomic E-state index is 0.181. The molecule has 1 fully saturated rings. The summed E-state index contributed by atoms with van der Waals surface area (Å²) in [5.74, 6) is -2.47. The van der Waals surface area contributed by atoms with Gasteiger partial charge in [0.25, 0.3) is 0 Å². The van der Waals surface area contributed by atoms with Crippen LogP contribution in [0.25, 0.3) is 0 Å². The molecule has 1 rings (SSSR count). The summed E-state index contributed by atoms with van der Waals surface area (Å²) >= 11 is 0. The highest BCUT2D eigenvalue weighted by atomic mass is 16.7. The molecule has 1 saturated heterocycles. The van der Waals surface area contributed by atoms with Gasteiger partial charge in [0.15, 0.2) is 18.5 Å². The molecular formula is C37H64O11. The number of hydrogen-bond acceptors (Lipinski definition) is 10. The molecule has 6 unspecified atom stereocenters. The van der Waals surface area contributed by atoms with E-state index < -0.39 is 61.3 Å². The molecule has 11 nitrogen and oxygen atoms in total. The summed E-state index contributed by atoms with van der Waals surface area (Å²) in [5, 5.41) is 39.5. The number of esters is 2. The van der Waals surface area contributed by atoms with Crippen molar-refractivity contribution in [3.8, 4) is 0 Å². The Morgan fingerprint density at radius 1 is 0.646 bits per heavy atom. The highest BCUT2D eigenvalue weighted by Crippen LogP contribution is 2.23. The fourth-order valence-corrected chi connectivity index (χ4v) is 5.33. The molecule has 0 aromatic rings. The number of aliphatic hydroxyl groups excluding tert-OH is 3. The van der Waals surface area contributed by atoms with E-state index >= 15 is 0 Å². The van der Waals surface area contributed by atoms with Gasteiger partial charge in [0.1, 0.15) is 24.9 Å². The van der Waals surface area contributed by atoms with E-state index in [4.69, 9.17) is 18.9 Å². The minimum Gasteiger partial charge on any atom is -0.479 e. The number of rotatable bonds is 29. The lowest BCUT2D eigenvalue weighted by Gasteiger charge is -2.38. The predicted molar refractivity (Wildman–Crippen MR) is 183 cm³/mol. The van der Waals surface area contributed by atoms with Gasteiger partial charge in [-0.15, -0.1) is 0 Å². The van der Waals surface area contributed by atoms with Gasteiger partial charge in [-0.25, -0.2) is 4.79 Å². The standard InChI is InChI=1S/C37H64O11/c1-3-5-7-9-11-13-14-15-16-18-19-21-23-25-30(38)45-27-29(47-31(39)26-24-22-20-17-12-10-8-6-4-2)28-46-37-34(42)32(40)33(41)35(48-37)36(43)44/h7,9,13-14,29,32-35,37,40-42H,3-6,8,10-12,15-28H2,1-2H3,(H,43,44)/b9-7-,14-13-. The van der Waals surface area contributed by atoms with E-state index in [1.54, 1.807) is 0 Å². The second-order valence-corrected chi connectivity index (χ2v) is 12.7. The van der Waals surface area contributed by atoms with Gasteiger partial charge in [0.2, 0.25) is 0 Å². The SMILES string of the molecule is CCC/C=C\C/C=C\CCCCCCCC(=O)OCC(COC1OC(C(=O)O)C(O)C(O)C1O)OC(=O)CCCCCCCCCCC. The van der Waals surface area contributed by atoms with Crippen LogP contribution < -0.4 is 0 Å². The average Bonchev–Trinajstić information content (AvgIpc) is 3.06. The third-order valence-electron chi connectivity index (χ3n) is 8.28. The van der Waals surface area contributed by atoms with Crippen molar-refractivity contribution in [3.63, 3.8) is 0 Å². The molecule has 278 valence electrons. The summed E-state index contributed by atoms with van der Waals surface area (Å²) in [4.78, 5) is 36.5. The predicted octanol–water partition coefficient (Wildman–Crippen LogP) is 6.30. The van der Waals surface area contributed by atoms with Crippen LogP contribution >= 0.6 is 0 Å². The topological polar surface area (TPSA) is 169 Å². The maximum Gasteiger partial charge on any atom is 0.335 e. The molecular weight excluding hydrogens is 620 g/mol. The number of ether oxygens (including phenoxy) is 4. The van der Waals surface area contributed by atoms with E-state index in [1.807, 2.05) is 0 Å². The zero-order chi connectivity index (χ0) is 35.4. The fourth-order valence-electron chi connectivity index (χ4n) is 5.33. The number of carbonyl (C=O) groups is 3. The molecule has 0 amide bonds. The number of hydrogen-bond donors (Lipinski definition) is 4. The Balaban J connectivity index is 2.47. The van der Waals surface area contributed by atoms with Gasteiger partial charge in [0, 0.05) is 12.8 Å². The molecule has 0 saturated carbocycles. The minimum atomic E-state index is -1.86.